The van der Waals surface area contributed by atoms with Gasteiger partial charge in [-0.2, -0.15) is 0 Å². The quantitative estimate of drug-likeness (QED) is 0.0261. The summed E-state index contributed by atoms with van der Waals surface area (Å²) in [4.78, 5) is 13.1. The normalized spacial score (nSPS) is 19.1. The van der Waals surface area contributed by atoms with Crippen molar-refractivity contribution in [2.45, 2.75) is 314 Å². The number of hydrogen-bond acceptors (Lipinski definition) is 8. The summed E-state index contributed by atoms with van der Waals surface area (Å²) in [5, 5.41) is 54.7. The van der Waals surface area contributed by atoms with E-state index in [4.69, 9.17) is 9.47 Å². The zero-order chi connectivity index (χ0) is 61.4. The summed E-state index contributed by atoms with van der Waals surface area (Å²) in [5.41, 5.74) is 0. The molecule has 484 valence electrons. The number of carbonyl (C=O) groups excluding carboxylic acids is 1. The maximum absolute atomic E-state index is 13.1. The number of nitrogens with one attached hydrogen (secondary N) is 1. The lowest BCUT2D eigenvalue weighted by Crippen LogP contribution is -2.60. The predicted octanol–water partition coefficient (Wildman–Crippen LogP) is 19.0. The Morgan fingerprint density at radius 3 is 1.13 bits per heavy atom. The van der Waals surface area contributed by atoms with Crippen LogP contribution in [0.3, 0.4) is 0 Å². The van der Waals surface area contributed by atoms with E-state index >= 15 is 0 Å². The lowest BCUT2D eigenvalue weighted by Gasteiger charge is -2.40. The number of aliphatic hydroxyl groups is 5. The lowest BCUT2D eigenvalue weighted by atomic mass is 9.99. The van der Waals surface area contributed by atoms with Gasteiger partial charge in [-0.05, 0) is 116 Å². The van der Waals surface area contributed by atoms with Gasteiger partial charge < -0.3 is 40.3 Å². The van der Waals surface area contributed by atoms with Crippen LogP contribution in [0.5, 0.6) is 0 Å². The molecule has 9 heteroatoms. The molecule has 1 saturated heterocycles. The van der Waals surface area contributed by atoms with Crippen molar-refractivity contribution in [2.75, 3.05) is 13.2 Å². The first-order valence-corrected chi connectivity index (χ1v) is 34.6. The summed E-state index contributed by atoms with van der Waals surface area (Å²) in [5.74, 6) is -0.206. The third-order valence-electron chi connectivity index (χ3n) is 15.4. The first kappa shape index (κ1) is 79.1. The summed E-state index contributed by atoms with van der Waals surface area (Å²) in [6, 6.07) is -0.847. The fourth-order valence-electron chi connectivity index (χ4n) is 10.0. The summed E-state index contributed by atoms with van der Waals surface area (Å²) in [7, 11) is 0. The molecule has 0 aromatic carbocycles. The second-order valence-corrected chi connectivity index (χ2v) is 23.2. The summed E-state index contributed by atoms with van der Waals surface area (Å²) in [6.45, 7) is 3.65. The first-order valence-electron chi connectivity index (χ1n) is 34.6. The van der Waals surface area contributed by atoms with Gasteiger partial charge >= 0.3 is 0 Å². The molecule has 9 nitrogen and oxygen atoms in total. The van der Waals surface area contributed by atoms with Gasteiger partial charge in [-0.15, -0.1) is 0 Å². The monoisotopic (exact) mass is 1180 g/mol. The zero-order valence-electron chi connectivity index (χ0n) is 54.1. The second-order valence-electron chi connectivity index (χ2n) is 23.2. The number of allylic oxidation sites excluding steroid dienone is 23. The zero-order valence-corrected chi connectivity index (χ0v) is 54.1. The van der Waals surface area contributed by atoms with Gasteiger partial charge in [-0.25, -0.2) is 0 Å². The van der Waals surface area contributed by atoms with Crippen LogP contribution in [0.15, 0.2) is 146 Å². The minimum atomic E-state index is -1.59. The van der Waals surface area contributed by atoms with E-state index in [0.29, 0.717) is 6.42 Å². The van der Waals surface area contributed by atoms with Crippen molar-refractivity contribution in [3.63, 3.8) is 0 Å². The predicted molar refractivity (Wildman–Crippen MR) is 363 cm³/mol. The SMILES string of the molecule is CC/C=C\C/C=C\C/C=C\C/C=C\C/C=C\C/C=C\C/C=C\C/C=C\C/C=C\CCCCCCCCCC(=O)NC(COC1OC(CO)C(O)C(O)C1O)C(O)/C=C/CC/C=C/CC/C=C/CCCCCCCCCCCCCCCCCCC. The molecule has 0 aromatic rings. The molecule has 1 fully saturated rings. The highest BCUT2D eigenvalue weighted by Crippen LogP contribution is 2.23. The number of unbranched alkanes of at least 4 members (excludes halogenated alkanes) is 26. The largest absolute Gasteiger partial charge is 0.394 e. The molecule has 0 saturated carbocycles. The topological polar surface area (TPSA) is 149 Å². The van der Waals surface area contributed by atoms with Crippen LogP contribution < -0.4 is 5.32 Å². The van der Waals surface area contributed by atoms with Crippen LogP contribution in [0.4, 0.5) is 0 Å². The van der Waals surface area contributed by atoms with Crippen molar-refractivity contribution in [1.82, 2.24) is 5.32 Å². The molecule has 1 heterocycles. The van der Waals surface area contributed by atoms with Crippen LogP contribution >= 0.6 is 0 Å². The number of hydrogen-bond donors (Lipinski definition) is 6. The molecule has 85 heavy (non-hydrogen) atoms. The average molecular weight is 1180 g/mol. The highest BCUT2D eigenvalue weighted by atomic mass is 16.7. The van der Waals surface area contributed by atoms with Gasteiger partial charge in [0.15, 0.2) is 6.29 Å². The number of amides is 1. The van der Waals surface area contributed by atoms with Crippen LogP contribution in [0, 0.1) is 0 Å². The van der Waals surface area contributed by atoms with E-state index in [2.05, 4.69) is 153 Å². The molecule has 7 unspecified atom stereocenters. The number of rotatable bonds is 58. The lowest BCUT2D eigenvalue weighted by molar-refractivity contribution is -0.302. The van der Waals surface area contributed by atoms with E-state index in [1.54, 1.807) is 6.08 Å². The van der Waals surface area contributed by atoms with Crippen molar-refractivity contribution in [2.24, 2.45) is 0 Å². The molecule has 0 radical (unpaired) electrons. The van der Waals surface area contributed by atoms with Crippen LogP contribution in [0.2, 0.25) is 0 Å². The third-order valence-corrected chi connectivity index (χ3v) is 15.4. The second kappa shape index (κ2) is 63.1. The number of ether oxygens (including phenoxy) is 2. The number of carbonyl (C=O) groups is 1. The summed E-state index contributed by atoms with van der Waals surface area (Å²) >= 11 is 0. The Hall–Kier alpha value is -3.93. The molecule has 0 aliphatic carbocycles. The molecule has 6 N–H and O–H groups in total. The Morgan fingerprint density at radius 2 is 0.741 bits per heavy atom. The van der Waals surface area contributed by atoms with Gasteiger partial charge in [0.25, 0.3) is 0 Å². The Morgan fingerprint density at radius 1 is 0.412 bits per heavy atom. The van der Waals surface area contributed by atoms with Crippen molar-refractivity contribution < 1.29 is 39.8 Å². The molecule has 0 bridgehead atoms. The Balaban J connectivity index is 2.22. The first-order chi connectivity index (χ1) is 41.8. The Labute approximate surface area is 521 Å². The summed E-state index contributed by atoms with van der Waals surface area (Å²) in [6.07, 6.45) is 90.8. The molecule has 1 aliphatic heterocycles. The molecule has 1 amide bonds. The molecule has 1 aliphatic rings. The van der Waals surface area contributed by atoms with Crippen LogP contribution in [0.1, 0.15) is 271 Å². The van der Waals surface area contributed by atoms with Gasteiger partial charge in [-0.3, -0.25) is 4.79 Å². The smallest absolute Gasteiger partial charge is 0.220 e. The van der Waals surface area contributed by atoms with E-state index in [1.807, 2.05) is 6.08 Å². The van der Waals surface area contributed by atoms with Gasteiger partial charge in [0, 0.05) is 6.42 Å². The molecular weight excluding hydrogens is 1050 g/mol. The van der Waals surface area contributed by atoms with Crippen molar-refractivity contribution >= 4 is 5.91 Å². The number of aliphatic hydroxyl groups excluding tert-OH is 5. The van der Waals surface area contributed by atoms with Gasteiger partial charge in [0.1, 0.15) is 24.4 Å². The standard InChI is InChI=1S/C76H127NO8/c1-3-5-7-9-11-13-15-17-19-21-23-25-27-29-31-32-33-34-35-36-37-38-40-42-44-46-48-50-52-54-56-58-60-62-64-66-72(80)77-69(68-84-76-75(83)74(82)73(81)71(67-78)85-76)70(79)65-63-61-59-57-55-53-51-49-47-45-43-41-39-30-28-26-24-22-20-18-16-14-12-10-8-6-4-2/h5,7,11,13,17,19,23,25,29,31,33-34,36-37,40,42,46-49,55,57,63,65,69-71,73-76,78-79,81-83H,3-4,6,8-10,12,14-16,18,20-22,24,26-28,30,32,35,38-39,41,43-45,50-54,56,58-62,64,66-68H2,1-2H3,(H,77,80)/b7-5-,13-11-,19-17-,25-23-,31-29-,34-33-,37-36-,42-40-,48-46-,49-47+,57-55+,65-63+. The van der Waals surface area contributed by atoms with E-state index in [9.17, 15) is 30.3 Å². The Kier molecular flexibility index (Phi) is 58.7. The maximum atomic E-state index is 13.1. The van der Waals surface area contributed by atoms with E-state index in [0.717, 1.165) is 122 Å². The molecule has 0 spiro atoms. The van der Waals surface area contributed by atoms with Gasteiger partial charge in [-0.1, -0.05) is 295 Å². The van der Waals surface area contributed by atoms with E-state index in [1.165, 1.54) is 128 Å². The van der Waals surface area contributed by atoms with Crippen LogP contribution in [-0.4, -0.2) is 87.5 Å². The van der Waals surface area contributed by atoms with Crippen molar-refractivity contribution in [3.8, 4) is 0 Å². The van der Waals surface area contributed by atoms with E-state index in [-0.39, 0.29) is 12.5 Å². The van der Waals surface area contributed by atoms with Crippen LogP contribution in [-0.2, 0) is 14.3 Å². The van der Waals surface area contributed by atoms with Crippen molar-refractivity contribution in [1.29, 1.82) is 0 Å². The third kappa shape index (κ3) is 51.8. The fourth-order valence-corrected chi connectivity index (χ4v) is 10.0. The maximum Gasteiger partial charge on any atom is 0.220 e. The minimum Gasteiger partial charge on any atom is -0.394 e. The summed E-state index contributed by atoms with van der Waals surface area (Å²) < 4.78 is 11.3. The highest BCUT2D eigenvalue weighted by Gasteiger charge is 2.44. The molecule has 1 rings (SSSR count). The Bertz CT molecular complexity index is 1850. The fraction of sp³-hybridized carbons (Fsp3) is 0.671. The van der Waals surface area contributed by atoms with Crippen LogP contribution in [0.25, 0.3) is 0 Å². The minimum absolute atomic E-state index is 0.206. The van der Waals surface area contributed by atoms with E-state index < -0.39 is 49.5 Å². The molecule has 7 atom stereocenters. The highest BCUT2D eigenvalue weighted by molar-refractivity contribution is 5.76. The van der Waals surface area contributed by atoms with Crippen molar-refractivity contribution in [3.05, 3.63) is 146 Å². The average Bonchev–Trinajstić information content (AvgIpc) is 3.71. The van der Waals surface area contributed by atoms with Gasteiger partial charge in [0.05, 0.1) is 25.4 Å². The van der Waals surface area contributed by atoms with Gasteiger partial charge in [0.2, 0.25) is 5.91 Å². The molecular formula is C76H127NO8. The molecule has 0 aromatic heterocycles.